The summed E-state index contributed by atoms with van der Waals surface area (Å²) in [6, 6.07) is 0.971. The number of amides is 1. The number of primary amides is 1. The highest BCUT2D eigenvalue weighted by molar-refractivity contribution is 5.90. The van der Waals surface area contributed by atoms with Gasteiger partial charge >= 0.3 is 6.18 Å². The van der Waals surface area contributed by atoms with Crippen molar-refractivity contribution in [3.63, 3.8) is 0 Å². The lowest BCUT2D eigenvalue weighted by atomic mass is 9.98. The molecule has 1 aliphatic heterocycles. The minimum atomic E-state index is -4.81. The van der Waals surface area contributed by atoms with Gasteiger partial charge in [-0.25, -0.2) is 14.4 Å². The first-order valence-electron chi connectivity index (χ1n) is 12.0. The van der Waals surface area contributed by atoms with Gasteiger partial charge in [0.05, 0.1) is 28.7 Å². The fourth-order valence-electron chi connectivity index (χ4n) is 5.78. The molecule has 2 aliphatic carbocycles. The third kappa shape index (κ3) is 3.61. The first-order chi connectivity index (χ1) is 17.1. The molecule has 0 spiro atoms. The molecule has 3 aromatic heterocycles. The van der Waals surface area contributed by atoms with Crippen molar-refractivity contribution in [1.29, 1.82) is 0 Å². The van der Waals surface area contributed by atoms with E-state index in [1.54, 1.807) is 4.68 Å². The van der Waals surface area contributed by atoms with Crippen LogP contribution in [0, 0.1) is 24.6 Å². The SMILES string of the molecule is Cc1nc(N)cc(-c2nc(CCC(N)=O)c3c(C4[C@H]5CNC[C@@H]45)nn(C4CC4)c3c2F)c1C(F)(F)F. The molecule has 12 heteroatoms. The summed E-state index contributed by atoms with van der Waals surface area (Å²) in [5, 5.41) is 8.64. The molecule has 1 unspecified atom stereocenters. The van der Waals surface area contributed by atoms with Gasteiger partial charge in [-0.1, -0.05) is 0 Å². The largest absolute Gasteiger partial charge is 0.418 e. The Morgan fingerprint density at radius 2 is 1.92 bits per heavy atom. The Morgan fingerprint density at radius 3 is 2.53 bits per heavy atom. The Labute approximate surface area is 203 Å². The lowest BCUT2D eigenvalue weighted by Gasteiger charge is -2.17. The number of aryl methyl sites for hydroxylation is 2. The van der Waals surface area contributed by atoms with Crippen LogP contribution >= 0.6 is 0 Å². The number of carbonyl (C=O) groups is 1. The number of pyridine rings is 2. The highest BCUT2D eigenvalue weighted by Crippen LogP contribution is 2.58. The second kappa shape index (κ2) is 7.86. The number of anilines is 1. The Morgan fingerprint density at radius 1 is 1.22 bits per heavy atom. The maximum Gasteiger partial charge on any atom is 0.418 e. The van der Waals surface area contributed by atoms with Gasteiger partial charge in [-0.3, -0.25) is 9.48 Å². The fraction of sp³-hybridized carbons (Fsp3) is 0.500. The van der Waals surface area contributed by atoms with E-state index in [4.69, 9.17) is 16.6 Å². The number of nitrogens with two attached hydrogens (primary N) is 2. The van der Waals surface area contributed by atoms with Gasteiger partial charge in [0.15, 0.2) is 5.82 Å². The minimum Gasteiger partial charge on any atom is -0.384 e. The van der Waals surface area contributed by atoms with Crippen molar-refractivity contribution in [2.45, 2.75) is 50.7 Å². The van der Waals surface area contributed by atoms with Crippen molar-refractivity contribution >= 4 is 22.6 Å². The van der Waals surface area contributed by atoms with Crippen molar-refractivity contribution in [2.75, 3.05) is 18.8 Å². The molecule has 3 atom stereocenters. The van der Waals surface area contributed by atoms with Crippen LogP contribution in [0.5, 0.6) is 0 Å². The molecule has 0 radical (unpaired) electrons. The summed E-state index contributed by atoms with van der Waals surface area (Å²) in [6.45, 7) is 2.85. The van der Waals surface area contributed by atoms with Crippen molar-refractivity contribution in [1.82, 2.24) is 25.1 Å². The number of aromatic nitrogens is 4. The van der Waals surface area contributed by atoms with Crippen LogP contribution in [0.4, 0.5) is 23.4 Å². The van der Waals surface area contributed by atoms with Crippen molar-refractivity contribution in [3.8, 4) is 11.3 Å². The maximum absolute atomic E-state index is 16.3. The standard InChI is InChI=1S/C24H25F4N7O/c1-9-19(24(26,27)28)11(6-15(29)32-9)21-20(25)23-18(14(33-21)4-5-16(30)36)22(34-35(23)10-2-3-10)17-12-7-31-8-13(12)17/h6,10,12-13,17,31H,2-5,7-8H2,1H3,(H2,29,32)(H2,30,36)/t12-,13+,17?. The van der Waals surface area contributed by atoms with E-state index in [-0.39, 0.29) is 41.8 Å². The summed E-state index contributed by atoms with van der Waals surface area (Å²) in [4.78, 5) is 19.8. The van der Waals surface area contributed by atoms with Crippen LogP contribution in [-0.4, -0.2) is 38.7 Å². The smallest absolute Gasteiger partial charge is 0.384 e. The summed E-state index contributed by atoms with van der Waals surface area (Å²) in [5.74, 6) is -0.760. The average Bonchev–Trinajstić information content (AvgIpc) is 3.66. The van der Waals surface area contributed by atoms with Gasteiger partial charge in [-0.15, -0.1) is 0 Å². The molecule has 4 heterocycles. The molecule has 1 amide bonds. The maximum atomic E-state index is 16.3. The number of halogens is 4. The number of hydrogen-bond donors (Lipinski definition) is 3. The zero-order valence-electron chi connectivity index (χ0n) is 19.5. The minimum absolute atomic E-state index is 0.0296. The van der Waals surface area contributed by atoms with Gasteiger partial charge in [0, 0.05) is 23.3 Å². The highest BCUT2D eigenvalue weighted by Gasteiger charge is 2.56. The van der Waals surface area contributed by atoms with E-state index in [0.29, 0.717) is 28.6 Å². The number of hydrogen-bond acceptors (Lipinski definition) is 6. The van der Waals surface area contributed by atoms with E-state index in [0.717, 1.165) is 32.0 Å². The Kier molecular flexibility index (Phi) is 5.05. The molecule has 3 aliphatic rings. The lowest BCUT2D eigenvalue weighted by molar-refractivity contribution is -0.137. The van der Waals surface area contributed by atoms with E-state index < -0.39 is 34.7 Å². The lowest BCUT2D eigenvalue weighted by Crippen LogP contribution is -2.15. The molecule has 8 nitrogen and oxygen atoms in total. The molecule has 5 N–H and O–H groups in total. The Bertz CT molecular complexity index is 1400. The van der Waals surface area contributed by atoms with Crippen molar-refractivity contribution in [2.24, 2.45) is 17.6 Å². The number of carbonyl (C=O) groups excluding carboxylic acids is 1. The molecule has 0 bridgehead atoms. The van der Waals surface area contributed by atoms with Crippen LogP contribution in [0.15, 0.2) is 6.07 Å². The first-order valence-corrected chi connectivity index (χ1v) is 12.0. The number of piperidine rings is 1. The summed E-state index contributed by atoms with van der Waals surface area (Å²) in [6.07, 6.45) is -3.22. The third-order valence-electron chi connectivity index (χ3n) is 7.56. The van der Waals surface area contributed by atoms with E-state index in [9.17, 15) is 18.0 Å². The second-order valence-electron chi connectivity index (χ2n) is 10.0. The van der Waals surface area contributed by atoms with Gasteiger partial charge in [0.2, 0.25) is 5.91 Å². The molecule has 0 aromatic carbocycles. The van der Waals surface area contributed by atoms with E-state index >= 15 is 4.39 Å². The number of nitrogens with zero attached hydrogens (tertiary/aromatic N) is 4. The zero-order chi connectivity index (χ0) is 25.5. The van der Waals surface area contributed by atoms with Gasteiger partial charge in [0.25, 0.3) is 0 Å². The Balaban J connectivity index is 1.64. The molecule has 3 fully saturated rings. The topological polar surface area (TPSA) is 125 Å². The molecule has 36 heavy (non-hydrogen) atoms. The van der Waals surface area contributed by atoms with E-state index in [1.165, 1.54) is 6.92 Å². The summed E-state index contributed by atoms with van der Waals surface area (Å²) in [7, 11) is 0. The number of fused-ring (bicyclic) bond motifs is 2. The molecule has 3 aromatic rings. The number of alkyl halides is 3. The summed E-state index contributed by atoms with van der Waals surface area (Å²) in [5.41, 5.74) is 9.93. The normalized spacial score (nSPS) is 23.3. The highest BCUT2D eigenvalue weighted by atomic mass is 19.4. The molecule has 1 saturated heterocycles. The van der Waals surface area contributed by atoms with Gasteiger partial charge in [-0.2, -0.15) is 18.3 Å². The number of rotatable bonds is 6. The van der Waals surface area contributed by atoms with Crippen LogP contribution in [0.25, 0.3) is 22.2 Å². The predicted molar refractivity (Wildman–Crippen MR) is 123 cm³/mol. The summed E-state index contributed by atoms with van der Waals surface area (Å²) >= 11 is 0. The van der Waals surface area contributed by atoms with E-state index in [1.807, 2.05) is 0 Å². The molecular weight excluding hydrogens is 478 g/mol. The predicted octanol–water partition coefficient (Wildman–Crippen LogP) is 3.23. The average molecular weight is 504 g/mol. The van der Waals surface area contributed by atoms with Crippen LogP contribution < -0.4 is 16.8 Å². The Hall–Kier alpha value is -3.28. The van der Waals surface area contributed by atoms with Gasteiger partial charge in [-0.05, 0) is 57.2 Å². The van der Waals surface area contributed by atoms with Crippen LogP contribution in [-0.2, 0) is 17.4 Å². The zero-order valence-corrected chi connectivity index (χ0v) is 19.5. The van der Waals surface area contributed by atoms with Crippen LogP contribution in [0.1, 0.15) is 53.9 Å². The van der Waals surface area contributed by atoms with Gasteiger partial charge in [0.1, 0.15) is 17.0 Å². The molecule has 190 valence electrons. The van der Waals surface area contributed by atoms with Crippen LogP contribution in [0.3, 0.4) is 0 Å². The number of nitrogens with one attached hydrogen (secondary N) is 1. The molecule has 6 rings (SSSR count). The monoisotopic (exact) mass is 503 g/mol. The van der Waals surface area contributed by atoms with Gasteiger partial charge < -0.3 is 16.8 Å². The molecule has 2 saturated carbocycles. The fourth-order valence-corrected chi connectivity index (χ4v) is 5.78. The van der Waals surface area contributed by atoms with Crippen molar-refractivity contribution in [3.05, 3.63) is 34.5 Å². The summed E-state index contributed by atoms with van der Waals surface area (Å²) < 4.78 is 60.2. The third-order valence-corrected chi connectivity index (χ3v) is 7.56. The molecular formula is C24H25F4N7O. The van der Waals surface area contributed by atoms with Crippen LogP contribution in [0.2, 0.25) is 0 Å². The van der Waals surface area contributed by atoms with E-state index in [2.05, 4.69) is 15.3 Å². The number of nitrogen functional groups attached to an aromatic ring is 1. The first kappa shape index (κ1) is 23.1. The second-order valence-corrected chi connectivity index (χ2v) is 10.0. The quantitative estimate of drug-likeness (QED) is 0.444. The van der Waals surface area contributed by atoms with Crippen molar-refractivity contribution < 1.29 is 22.4 Å².